The van der Waals surface area contributed by atoms with Crippen molar-refractivity contribution in [3.8, 4) is 0 Å². The zero-order valence-electron chi connectivity index (χ0n) is 6.70. The van der Waals surface area contributed by atoms with E-state index in [4.69, 9.17) is 0 Å². The fraction of sp³-hybridized carbons (Fsp3) is 0.111. The largest absolute Gasteiger partial charge is 0.347 e. The average molecular weight is 161 g/mol. The van der Waals surface area contributed by atoms with Crippen LogP contribution in [0, 0.1) is 0 Å². The van der Waals surface area contributed by atoms with E-state index in [0.29, 0.717) is 0 Å². The first-order valence-corrected chi connectivity index (χ1v) is 3.95. The van der Waals surface area contributed by atoms with Crippen molar-refractivity contribution in [2.45, 2.75) is 0 Å². The van der Waals surface area contributed by atoms with Crippen LogP contribution in [0.5, 0.6) is 0 Å². The van der Waals surface area contributed by atoms with Gasteiger partial charge in [0.15, 0.2) is 0 Å². The summed E-state index contributed by atoms with van der Waals surface area (Å²) in [5, 5.41) is 2.01. The third-order valence-corrected chi connectivity index (χ3v) is 1.68. The van der Waals surface area contributed by atoms with Gasteiger partial charge in [-0.05, 0) is 18.2 Å². The zero-order chi connectivity index (χ0) is 8.23. The van der Waals surface area contributed by atoms with Gasteiger partial charge >= 0.3 is 0 Å². The van der Waals surface area contributed by atoms with Crippen molar-refractivity contribution in [3.05, 3.63) is 42.8 Å². The predicted octanol–water partition coefficient (Wildman–Crippen LogP) is 1.73. The summed E-state index contributed by atoms with van der Waals surface area (Å²) in [4.78, 5) is 3.07. The van der Waals surface area contributed by atoms with Crippen molar-refractivity contribution in [2.75, 3.05) is 12.0 Å². The second-order valence-corrected chi connectivity index (χ2v) is 2.62. The number of hydrazine groups is 1. The number of aromatic nitrogens is 1. The summed E-state index contributed by atoms with van der Waals surface area (Å²) < 4.78 is 0. The number of allylic oxidation sites excluding steroid dienone is 2. The molecule has 0 unspecified atom stereocenters. The molecule has 12 heavy (non-hydrogen) atoms. The average Bonchev–Trinajstić information content (AvgIpc) is 2.59. The molecule has 0 saturated heterocycles. The lowest BCUT2D eigenvalue weighted by molar-refractivity contribution is 0.492. The number of hydrogen-bond donors (Lipinski definition) is 2. The molecule has 1 aliphatic rings. The monoisotopic (exact) mass is 161 g/mol. The summed E-state index contributed by atoms with van der Waals surface area (Å²) in [6, 6.07) is 3.96. The van der Waals surface area contributed by atoms with E-state index in [1.807, 2.05) is 41.7 Å². The van der Waals surface area contributed by atoms with Crippen LogP contribution in [0.2, 0.25) is 0 Å². The molecule has 1 aromatic rings. The lowest BCUT2D eigenvalue weighted by atomic mass is 10.4. The van der Waals surface area contributed by atoms with Gasteiger partial charge in [-0.15, -0.1) is 0 Å². The van der Waals surface area contributed by atoms with Crippen LogP contribution in [0.3, 0.4) is 0 Å². The summed E-state index contributed by atoms with van der Waals surface area (Å²) in [6.45, 7) is 0.898. The van der Waals surface area contributed by atoms with E-state index in [2.05, 4.69) is 16.5 Å². The minimum absolute atomic E-state index is 0.898. The number of nitrogens with one attached hydrogen (secondary N) is 2. The predicted molar refractivity (Wildman–Crippen MR) is 49.4 cm³/mol. The molecule has 1 aromatic heterocycles. The summed E-state index contributed by atoms with van der Waals surface area (Å²) in [5.74, 6) is 1.01. The fourth-order valence-electron chi connectivity index (χ4n) is 1.10. The van der Waals surface area contributed by atoms with Gasteiger partial charge in [-0.1, -0.05) is 12.2 Å². The van der Waals surface area contributed by atoms with Crippen LogP contribution >= 0.6 is 0 Å². The topological polar surface area (TPSA) is 31.1 Å². The van der Waals surface area contributed by atoms with Crippen molar-refractivity contribution in [2.24, 2.45) is 0 Å². The Kier molecular flexibility index (Phi) is 1.86. The Morgan fingerprint density at radius 1 is 1.42 bits per heavy atom. The molecule has 0 spiro atoms. The highest BCUT2D eigenvalue weighted by Crippen LogP contribution is 2.05. The summed E-state index contributed by atoms with van der Waals surface area (Å²) in [6.07, 6.45) is 10.0. The Morgan fingerprint density at radius 2 is 2.42 bits per heavy atom. The van der Waals surface area contributed by atoms with Crippen molar-refractivity contribution in [1.82, 2.24) is 9.99 Å². The summed E-state index contributed by atoms with van der Waals surface area (Å²) in [7, 11) is 0. The zero-order valence-corrected chi connectivity index (χ0v) is 6.70. The van der Waals surface area contributed by atoms with Gasteiger partial charge in [0.1, 0.15) is 5.82 Å². The second kappa shape index (κ2) is 3.17. The first kappa shape index (κ1) is 7.03. The van der Waals surface area contributed by atoms with Crippen molar-refractivity contribution in [1.29, 1.82) is 0 Å². The molecule has 3 heteroatoms. The van der Waals surface area contributed by atoms with Gasteiger partial charge in [0.2, 0.25) is 0 Å². The number of anilines is 1. The third kappa shape index (κ3) is 1.50. The number of hydrogen-bond acceptors (Lipinski definition) is 2. The Labute approximate surface area is 71.4 Å². The maximum absolute atomic E-state index is 3.20. The smallest absolute Gasteiger partial charge is 0.122 e. The van der Waals surface area contributed by atoms with E-state index >= 15 is 0 Å². The van der Waals surface area contributed by atoms with Gasteiger partial charge in [0.25, 0.3) is 0 Å². The molecule has 1 aliphatic heterocycles. The molecule has 3 nitrogen and oxygen atoms in total. The van der Waals surface area contributed by atoms with Gasteiger partial charge in [-0.25, -0.2) is 0 Å². The van der Waals surface area contributed by atoms with Gasteiger partial charge < -0.3 is 4.98 Å². The molecule has 0 aliphatic carbocycles. The Hall–Kier alpha value is -1.64. The van der Waals surface area contributed by atoms with Crippen LogP contribution in [-0.4, -0.2) is 16.5 Å². The molecule has 0 amide bonds. The van der Waals surface area contributed by atoms with E-state index in [-0.39, 0.29) is 0 Å². The summed E-state index contributed by atoms with van der Waals surface area (Å²) in [5.41, 5.74) is 3.20. The van der Waals surface area contributed by atoms with Crippen LogP contribution in [0.25, 0.3) is 0 Å². The number of nitrogens with zero attached hydrogens (tertiary/aromatic N) is 1. The van der Waals surface area contributed by atoms with E-state index in [9.17, 15) is 0 Å². The first-order valence-electron chi connectivity index (χ1n) is 3.95. The normalized spacial score (nSPS) is 15.2. The van der Waals surface area contributed by atoms with Gasteiger partial charge in [0, 0.05) is 12.4 Å². The summed E-state index contributed by atoms with van der Waals surface area (Å²) >= 11 is 0. The molecule has 0 fully saturated rings. The maximum atomic E-state index is 3.20. The molecule has 0 atom stereocenters. The highest BCUT2D eigenvalue weighted by molar-refractivity contribution is 5.34. The number of aromatic amines is 1. The lowest BCUT2D eigenvalue weighted by Crippen LogP contribution is -2.25. The van der Waals surface area contributed by atoms with E-state index in [0.717, 1.165) is 12.4 Å². The molecule has 2 rings (SSSR count). The number of H-pyrrole nitrogens is 1. The molecule has 62 valence electrons. The van der Waals surface area contributed by atoms with E-state index in [1.165, 1.54) is 0 Å². The fourth-order valence-corrected chi connectivity index (χ4v) is 1.10. The lowest BCUT2D eigenvalue weighted by Gasteiger charge is -2.21. The third-order valence-electron chi connectivity index (χ3n) is 1.68. The van der Waals surface area contributed by atoms with Crippen molar-refractivity contribution >= 4 is 5.82 Å². The first-order chi connectivity index (χ1) is 5.95. The van der Waals surface area contributed by atoms with Gasteiger partial charge in [0.05, 0.1) is 6.54 Å². The Morgan fingerprint density at radius 3 is 3.08 bits per heavy atom. The highest BCUT2D eigenvalue weighted by atomic mass is 15.5. The molecule has 2 N–H and O–H groups in total. The van der Waals surface area contributed by atoms with Crippen molar-refractivity contribution in [3.63, 3.8) is 0 Å². The van der Waals surface area contributed by atoms with Crippen molar-refractivity contribution < 1.29 is 0 Å². The molecular formula is C9H11N3. The van der Waals surface area contributed by atoms with Crippen LogP contribution in [0.15, 0.2) is 42.8 Å². The minimum atomic E-state index is 0.898. The van der Waals surface area contributed by atoms with Crippen LogP contribution in [0.4, 0.5) is 5.82 Å². The highest BCUT2D eigenvalue weighted by Gasteiger charge is 1.98. The van der Waals surface area contributed by atoms with Crippen LogP contribution < -0.4 is 5.43 Å². The Balaban J connectivity index is 1.96. The SMILES string of the molecule is C1=CCN(Nc2ccc[nH]2)C=C1. The standard InChI is InChI=1S/C9H11N3/c1-2-7-12(8-3-1)11-9-5-4-6-10-9/h1-7,10-11H,8H2. The van der Waals surface area contributed by atoms with Gasteiger partial charge in [-0.2, -0.15) is 0 Å². The maximum Gasteiger partial charge on any atom is 0.122 e. The minimum Gasteiger partial charge on any atom is -0.347 e. The van der Waals surface area contributed by atoms with Crippen LogP contribution in [0.1, 0.15) is 0 Å². The van der Waals surface area contributed by atoms with E-state index in [1.54, 1.807) is 0 Å². The molecule has 0 bridgehead atoms. The molecule has 2 heterocycles. The molecular weight excluding hydrogens is 150 g/mol. The van der Waals surface area contributed by atoms with Gasteiger partial charge in [-0.3, -0.25) is 10.4 Å². The number of rotatable bonds is 2. The molecule has 0 saturated carbocycles. The quantitative estimate of drug-likeness (QED) is 0.692. The Bertz CT molecular complexity index is 285. The van der Waals surface area contributed by atoms with E-state index < -0.39 is 0 Å². The second-order valence-electron chi connectivity index (χ2n) is 2.62. The molecule has 0 radical (unpaired) electrons. The molecule has 0 aromatic carbocycles. The van der Waals surface area contributed by atoms with Crippen LogP contribution in [-0.2, 0) is 0 Å².